The average molecular weight is 381 g/mol. The molecule has 2 aromatic rings. The fourth-order valence-corrected chi connectivity index (χ4v) is 2.67. The van der Waals surface area contributed by atoms with Crippen LogP contribution < -0.4 is 5.32 Å². The molecule has 0 radical (unpaired) electrons. The van der Waals surface area contributed by atoms with Crippen molar-refractivity contribution < 1.29 is 19.2 Å². The third kappa shape index (κ3) is 5.20. The fourth-order valence-electron chi connectivity index (χ4n) is 1.94. The number of nitrogens with one attached hydrogen (secondary N) is 1. The lowest BCUT2D eigenvalue weighted by molar-refractivity contribution is -0.387. The Morgan fingerprint density at radius 3 is 2.68 bits per heavy atom. The zero-order chi connectivity index (χ0) is 18.4. The van der Waals surface area contributed by atoms with Gasteiger partial charge in [-0.2, -0.15) is 0 Å². The van der Waals surface area contributed by atoms with Gasteiger partial charge in [0, 0.05) is 16.8 Å². The van der Waals surface area contributed by atoms with E-state index < -0.39 is 23.4 Å². The minimum absolute atomic E-state index is 0.0000514. The van der Waals surface area contributed by atoms with Gasteiger partial charge >= 0.3 is 5.97 Å². The maximum atomic E-state index is 12.0. The number of thioether (sulfide) groups is 1. The van der Waals surface area contributed by atoms with Gasteiger partial charge in [0.15, 0.2) is 6.61 Å². The van der Waals surface area contributed by atoms with E-state index in [2.05, 4.69) is 5.32 Å². The first-order chi connectivity index (χ1) is 11.9. The van der Waals surface area contributed by atoms with Gasteiger partial charge in [-0.05, 0) is 36.6 Å². The Morgan fingerprint density at radius 1 is 1.28 bits per heavy atom. The van der Waals surface area contributed by atoms with Crippen molar-refractivity contribution in [3.05, 3.63) is 63.2 Å². The van der Waals surface area contributed by atoms with E-state index >= 15 is 0 Å². The maximum absolute atomic E-state index is 12.0. The highest BCUT2D eigenvalue weighted by Gasteiger charge is 2.18. The van der Waals surface area contributed by atoms with Crippen LogP contribution in [0.25, 0.3) is 0 Å². The third-order valence-electron chi connectivity index (χ3n) is 3.05. The number of nitro benzene ring substituents is 1. The van der Waals surface area contributed by atoms with Gasteiger partial charge in [0.25, 0.3) is 11.6 Å². The summed E-state index contributed by atoms with van der Waals surface area (Å²) in [6.45, 7) is -0.524. The molecule has 0 bridgehead atoms. The lowest BCUT2D eigenvalue weighted by Crippen LogP contribution is -2.21. The Hall–Kier alpha value is -2.58. The summed E-state index contributed by atoms with van der Waals surface area (Å²) >= 11 is 7.00. The van der Waals surface area contributed by atoms with E-state index in [1.165, 1.54) is 23.9 Å². The zero-order valence-corrected chi connectivity index (χ0v) is 14.6. The average Bonchev–Trinajstić information content (AvgIpc) is 2.59. The number of rotatable bonds is 6. The van der Waals surface area contributed by atoms with Gasteiger partial charge in [0.1, 0.15) is 0 Å². The first-order valence-corrected chi connectivity index (χ1v) is 8.56. The Bertz CT molecular complexity index is 828. The van der Waals surface area contributed by atoms with Crippen LogP contribution >= 0.6 is 23.4 Å². The van der Waals surface area contributed by atoms with Crippen LogP contribution in [0, 0.1) is 10.1 Å². The number of halogens is 1. The van der Waals surface area contributed by atoms with E-state index in [-0.39, 0.29) is 11.3 Å². The standard InChI is InChI=1S/C16H13ClN2O5S/c1-25-14-6-5-10(7-13(14)19(22)23)16(21)24-9-15(20)18-12-4-2-3-11(17)8-12/h2-8H,9H2,1H3,(H,18,20). The summed E-state index contributed by atoms with van der Waals surface area (Å²) in [4.78, 5) is 34.6. The number of anilines is 1. The van der Waals surface area contributed by atoms with E-state index in [4.69, 9.17) is 16.3 Å². The lowest BCUT2D eigenvalue weighted by atomic mass is 10.2. The smallest absolute Gasteiger partial charge is 0.338 e. The molecule has 0 spiro atoms. The van der Waals surface area contributed by atoms with Crippen molar-refractivity contribution >= 4 is 46.6 Å². The molecule has 0 heterocycles. The number of ether oxygens (including phenoxy) is 1. The minimum Gasteiger partial charge on any atom is -0.452 e. The molecule has 2 aromatic carbocycles. The van der Waals surface area contributed by atoms with Crippen molar-refractivity contribution in [1.29, 1.82) is 0 Å². The Balaban J connectivity index is 1.99. The number of benzene rings is 2. The first kappa shape index (κ1) is 18.8. The van der Waals surface area contributed by atoms with Crippen molar-refractivity contribution in [1.82, 2.24) is 0 Å². The van der Waals surface area contributed by atoms with Gasteiger partial charge in [-0.3, -0.25) is 14.9 Å². The predicted octanol–water partition coefficient (Wildman–Crippen LogP) is 3.77. The highest BCUT2D eigenvalue weighted by molar-refractivity contribution is 7.98. The predicted molar refractivity (Wildman–Crippen MR) is 95.2 cm³/mol. The van der Waals surface area contributed by atoms with Crippen LogP contribution in [0.5, 0.6) is 0 Å². The molecule has 9 heteroatoms. The van der Waals surface area contributed by atoms with E-state index in [1.807, 2.05) is 0 Å². The Kier molecular flexibility index (Phi) is 6.37. The molecule has 0 aliphatic rings. The SMILES string of the molecule is CSc1ccc(C(=O)OCC(=O)Nc2cccc(Cl)c2)cc1[N+](=O)[O-]. The van der Waals surface area contributed by atoms with Crippen LogP contribution in [-0.2, 0) is 9.53 Å². The number of nitro groups is 1. The van der Waals surface area contributed by atoms with Crippen LogP contribution in [0.15, 0.2) is 47.4 Å². The minimum atomic E-state index is -0.822. The zero-order valence-electron chi connectivity index (χ0n) is 13.0. The monoisotopic (exact) mass is 380 g/mol. The van der Waals surface area contributed by atoms with E-state index in [9.17, 15) is 19.7 Å². The van der Waals surface area contributed by atoms with Gasteiger partial charge < -0.3 is 10.1 Å². The van der Waals surface area contributed by atoms with Crippen LogP contribution in [0.4, 0.5) is 11.4 Å². The topological polar surface area (TPSA) is 98.5 Å². The quantitative estimate of drug-likeness (QED) is 0.354. The van der Waals surface area contributed by atoms with Gasteiger partial charge in [-0.25, -0.2) is 4.79 Å². The molecule has 1 amide bonds. The van der Waals surface area contributed by atoms with Gasteiger partial charge in [-0.1, -0.05) is 17.7 Å². The second-order valence-electron chi connectivity index (χ2n) is 4.78. The number of carbonyl (C=O) groups excluding carboxylic acids is 2. The number of hydrogen-bond acceptors (Lipinski definition) is 6. The normalized spacial score (nSPS) is 10.2. The highest BCUT2D eigenvalue weighted by atomic mass is 35.5. The number of carbonyl (C=O) groups is 2. The second-order valence-corrected chi connectivity index (χ2v) is 6.06. The van der Waals surface area contributed by atoms with Crippen molar-refractivity contribution in [2.75, 3.05) is 18.2 Å². The molecule has 0 aromatic heterocycles. The number of nitrogens with zero attached hydrogens (tertiary/aromatic N) is 1. The molecule has 0 aliphatic carbocycles. The van der Waals surface area contributed by atoms with Crippen LogP contribution in [0.3, 0.4) is 0 Å². The third-order valence-corrected chi connectivity index (χ3v) is 4.07. The molecule has 0 fully saturated rings. The van der Waals surface area contributed by atoms with Crippen molar-refractivity contribution in [2.24, 2.45) is 0 Å². The van der Waals surface area contributed by atoms with Crippen molar-refractivity contribution in [2.45, 2.75) is 4.90 Å². The first-order valence-electron chi connectivity index (χ1n) is 6.95. The van der Waals surface area contributed by atoms with E-state index in [0.29, 0.717) is 15.6 Å². The Morgan fingerprint density at radius 2 is 2.04 bits per heavy atom. The van der Waals surface area contributed by atoms with Crippen molar-refractivity contribution in [3.8, 4) is 0 Å². The van der Waals surface area contributed by atoms with E-state index in [0.717, 1.165) is 6.07 Å². The summed E-state index contributed by atoms with van der Waals surface area (Å²) in [5, 5.41) is 14.0. The van der Waals surface area contributed by atoms with Gasteiger partial charge in [-0.15, -0.1) is 11.8 Å². The molecule has 0 aliphatic heterocycles. The van der Waals surface area contributed by atoms with Gasteiger partial charge in [0.2, 0.25) is 0 Å². The number of amides is 1. The molecule has 25 heavy (non-hydrogen) atoms. The molecule has 1 N–H and O–H groups in total. The fraction of sp³-hybridized carbons (Fsp3) is 0.125. The molecule has 2 rings (SSSR count). The second kappa shape index (κ2) is 8.50. The summed E-state index contributed by atoms with van der Waals surface area (Å²) in [6.07, 6.45) is 1.69. The van der Waals surface area contributed by atoms with Crippen LogP contribution in [-0.4, -0.2) is 29.7 Å². The summed E-state index contributed by atoms with van der Waals surface area (Å²) < 4.78 is 4.89. The molecule has 0 saturated carbocycles. The van der Waals surface area contributed by atoms with Gasteiger partial charge in [0.05, 0.1) is 15.4 Å². The lowest BCUT2D eigenvalue weighted by Gasteiger charge is -2.07. The molecular weight excluding hydrogens is 368 g/mol. The largest absolute Gasteiger partial charge is 0.452 e. The molecule has 0 unspecified atom stereocenters. The highest BCUT2D eigenvalue weighted by Crippen LogP contribution is 2.28. The Labute approximate surface area is 152 Å². The van der Waals surface area contributed by atoms with Crippen molar-refractivity contribution in [3.63, 3.8) is 0 Å². The molecule has 7 nitrogen and oxygen atoms in total. The molecule has 0 atom stereocenters. The van der Waals surface area contributed by atoms with Crippen LogP contribution in [0.1, 0.15) is 10.4 Å². The molecule has 0 saturated heterocycles. The maximum Gasteiger partial charge on any atom is 0.338 e. The van der Waals surface area contributed by atoms with Crippen LogP contribution in [0.2, 0.25) is 5.02 Å². The summed E-state index contributed by atoms with van der Waals surface area (Å²) in [6, 6.07) is 10.5. The summed E-state index contributed by atoms with van der Waals surface area (Å²) in [5.74, 6) is -1.37. The summed E-state index contributed by atoms with van der Waals surface area (Å²) in [7, 11) is 0. The van der Waals surface area contributed by atoms with E-state index in [1.54, 1.807) is 30.5 Å². The number of hydrogen-bond donors (Lipinski definition) is 1. The molecule has 130 valence electrons. The summed E-state index contributed by atoms with van der Waals surface area (Å²) in [5.41, 5.74) is 0.277. The molecular formula is C16H13ClN2O5S. The number of esters is 1.